The summed E-state index contributed by atoms with van der Waals surface area (Å²) in [5, 5.41) is 5.71. The van der Waals surface area contributed by atoms with E-state index in [9.17, 15) is 9.59 Å². The third kappa shape index (κ3) is 4.68. The molecular formula is C20H17ClN2O4. The smallest absolute Gasteiger partial charge is 0.291 e. The van der Waals surface area contributed by atoms with Gasteiger partial charge in [0.05, 0.1) is 23.6 Å². The summed E-state index contributed by atoms with van der Waals surface area (Å²) in [6.45, 7) is 2.40. The van der Waals surface area contributed by atoms with Crippen LogP contribution in [-0.2, 0) is 0 Å². The summed E-state index contributed by atoms with van der Waals surface area (Å²) in [5.41, 5.74) is 1.38. The molecule has 0 saturated heterocycles. The van der Waals surface area contributed by atoms with Crippen LogP contribution in [0.15, 0.2) is 65.3 Å². The molecule has 1 aromatic heterocycles. The largest absolute Gasteiger partial charge is 0.494 e. The Labute approximate surface area is 161 Å². The molecule has 3 aromatic rings. The fourth-order valence-corrected chi connectivity index (χ4v) is 2.61. The Bertz CT molecular complexity index is 954. The molecule has 7 heteroatoms. The van der Waals surface area contributed by atoms with Crippen LogP contribution in [0.3, 0.4) is 0 Å². The van der Waals surface area contributed by atoms with E-state index in [-0.39, 0.29) is 16.7 Å². The van der Waals surface area contributed by atoms with E-state index in [1.54, 1.807) is 54.6 Å². The lowest BCUT2D eigenvalue weighted by atomic mass is 10.2. The zero-order chi connectivity index (χ0) is 19.2. The second kappa shape index (κ2) is 8.42. The zero-order valence-electron chi connectivity index (χ0n) is 14.5. The first-order valence-corrected chi connectivity index (χ1v) is 8.63. The molecule has 3 rings (SSSR count). The predicted molar refractivity (Wildman–Crippen MR) is 104 cm³/mol. The molecule has 1 heterocycles. The van der Waals surface area contributed by atoms with E-state index >= 15 is 0 Å². The third-order valence-corrected chi connectivity index (χ3v) is 3.94. The highest BCUT2D eigenvalue weighted by atomic mass is 35.5. The minimum absolute atomic E-state index is 0.178. The molecule has 0 radical (unpaired) electrons. The summed E-state index contributed by atoms with van der Waals surface area (Å²) in [6, 6.07) is 14.9. The van der Waals surface area contributed by atoms with Crippen molar-refractivity contribution >= 4 is 34.8 Å². The van der Waals surface area contributed by atoms with Gasteiger partial charge in [-0.05, 0) is 55.5 Å². The maximum atomic E-state index is 12.4. The normalized spacial score (nSPS) is 10.3. The third-order valence-electron chi connectivity index (χ3n) is 3.63. The molecular weight excluding hydrogens is 368 g/mol. The van der Waals surface area contributed by atoms with Crippen LogP contribution in [0.1, 0.15) is 27.8 Å². The maximum absolute atomic E-state index is 12.4. The Kier molecular flexibility index (Phi) is 5.78. The van der Waals surface area contributed by atoms with E-state index in [1.807, 2.05) is 6.92 Å². The van der Waals surface area contributed by atoms with Crippen LogP contribution in [0, 0.1) is 0 Å². The van der Waals surface area contributed by atoms with E-state index in [4.69, 9.17) is 20.8 Å². The Morgan fingerprint density at radius 3 is 2.59 bits per heavy atom. The number of hydrogen-bond donors (Lipinski definition) is 2. The van der Waals surface area contributed by atoms with Gasteiger partial charge in [0, 0.05) is 11.3 Å². The molecule has 0 unspecified atom stereocenters. The average Bonchev–Trinajstić information content (AvgIpc) is 3.19. The fourth-order valence-electron chi connectivity index (χ4n) is 2.38. The van der Waals surface area contributed by atoms with E-state index in [1.165, 1.54) is 6.26 Å². The lowest BCUT2D eigenvalue weighted by Gasteiger charge is -2.10. The standard InChI is InChI=1S/C20H17ClN2O4/c1-2-26-15-6-3-5-13(11-15)19(24)22-14-8-9-17(16(21)12-14)23-20(25)18-7-4-10-27-18/h3-12H,2H2,1H3,(H,22,24)(H,23,25). The summed E-state index contributed by atoms with van der Waals surface area (Å²) in [5.74, 6) is 0.100. The van der Waals surface area contributed by atoms with Crippen molar-refractivity contribution in [2.75, 3.05) is 17.2 Å². The van der Waals surface area contributed by atoms with Gasteiger partial charge < -0.3 is 19.8 Å². The minimum Gasteiger partial charge on any atom is -0.494 e. The number of rotatable bonds is 6. The first-order valence-electron chi connectivity index (χ1n) is 8.25. The number of benzene rings is 2. The van der Waals surface area contributed by atoms with Crippen molar-refractivity contribution < 1.29 is 18.7 Å². The molecule has 0 fully saturated rings. The molecule has 138 valence electrons. The molecule has 0 saturated carbocycles. The number of hydrogen-bond acceptors (Lipinski definition) is 4. The quantitative estimate of drug-likeness (QED) is 0.637. The molecule has 0 aliphatic heterocycles. The molecule has 0 aliphatic carbocycles. The van der Waals surface area contributed by atoms with Crippen LogP contribution in [0.4, 0.5) is 11.4 Å². The number of anilines is 2. The van der Waals surface area contributed by atoms with Crippen molar-refractivity contribution in [1.82, 2.24) is 0 Å². The molecule has 0 aliphatic rings. The predicted octanol–water partition coefficient (Wildman–Crippen LogP) is 4.84. The molecule has 6 nitrogen and oxygen atoms in total. The van der Waals surface area contributed by atoms with Gasteiger partial charge in [0.2, 0.25) is 0 Å². The highest BCUT2D eigenvalue weighted by molar-refractivity contribution is 6.34. The van der Waals surface area contributed by atoms with Crippen LogP contribution in [0.2, 0.25) is 5.02 Å². The van der Waals surface area contributed by atoms with Crippen LogP contribution in [0.5, 0.6) is 5.75 Å². The van der Waals surface area contributed by atoms with Crippen LogP contribution in [-0.4, -0.2) is 18.4 Å². The second-order valence-electron chi connectivity index (χ2n) is 5.54. The first kappa shape index (κ1) is 18.5. The maximum Gasteiger partial charge on any atom is 0.291 e. The van der Waals surface area contributed by atoms with Gasteiger partial charge in [-0.3, -0.25) is 9.59 Å². The Morgan fingerprint density at radius 2 is 1.89 bits per heavy atom. The average molecular weight is 385 g/mol. The number of carbonyl (C=O) groups is 2. The van der Waals surface area contributed by atoms with Crippen LogP contribution >= 0.6 is 11.6 Å². The lowest BCUT2D eigenvalue weighted by molar-refractivity contribution is 0.0994. The van der Waals surface area contributed by atoms with Crippen molar-refractivity contribution in [2.45, 2.75) is 6.92 Å². The lowest BCUT2D eigenvalue weighted by Crippen LogP contribution is -2.13. The number of carbonyl (C=O) groups excluding carboxylic acids is 2. The summed E-state index contributed by atoms with van der Waals surface area (Å²) < 4.78 is 10.4. The number of amides is 2. The zero-order valence-corrected chi connectivity index (χ0v) is 15.2. The van der Waals surface area contributed by atoms with Gasteiger partial charge in [0.25, 0.3) is 11.8 Å². The summed E-state index contributed by atoms with van der Waals surface area (Å²) >= 11 is 6.21. The van der Waals surface area contributed by atoms with Gasteiger partial charge in [-0.15, -0.1) is 0 Å². The molecule has 2 amide bonds. The highest BCUT2D eigenvalue weighted by Crippen LogP contribution is 2.26. The van der Waals surface area contributed by atoms with Crippen LogP contribution in [0.25, 0.3) is 0 Å². The van der Waals surface area contributed by atoms with E-state index in [0.717, 1.165) is 0 Å². The van der Waals surface area contributed by atoms with E-state index in [2.05, 4.69) is 10.6 Å². The molecule has 2 N–H and O–H groups in total. The summed E-state index contributed by atoms with van der Waals surface area (Å²) in [7, 11) is 0. The van der Waals surface area contributed by atoms with Crippen molar-refractivity contribution in [1.29, 1.82) is 0 Å². The summed E-state index contributed by atoms with van der Waals surface area (Å²) in [4.78, 5) is 24.4. The van der Waals surface area contributed by atoms with E-state index in [0.29, 0.717) is 29.3 Å². The van der Waals surface area contributed by atoms with Crippen molar-refractivity contribution in [3.8, 4) is 5.75 Å². The van der Waals surface area contributed by atoms with Crippen LogP contribution < -0.4 is 15.4 Å². The number of ether oxygens (including phenoxy) is 1. The van der Waals surface area contributed by atoms with E-state index < -0.39 is 5.91 Å². The SMILES string of the molecule is CCOc1cccc(C(=O)Nc2ccc(NC(=O)c3ccco3)c(Cl)c2)c1. The second-order valence-corrected chi connectivity index (χ2v) is 5.95. The van der Waals surface area contributed by atoms with Gasteiger partial charge >= 0.3 is 0 Å². The Morgan fingerprint density at radius 1 is 1.04 bits per heavy atom. The topological polar surface area (TPSA) is 80.6 Å². The van der Waals surface area contributed by atoms with Crippen molar-refractivity contribution in [2.24, 2.45) is 0 Å². The van der Waals surface area contributed by atoms with Crippen molar-refractivity contribution in [3.63, 3.8) is 0 Å². The highest BCUT2D eigenvalue weighted by Gasteiger charge is 2.12. The molecule has 0 bridgehead atoms. The monoisotopic (exact) mass is 384 g/mol. The Hall–Kier alpha value is -3.25. The van der Waals surface area contributed by atoms with Gasteiger partial charge in [-0.2, -0.15) is 0 Å². The van der Waals surface area contributed by atoms with Gasteiger partial charge in [0.15, 0.2) is 5.76 Å². The molecule has 0 atom stereocenters. The molecule has 0 spiro atoms. The fraction of sp³-hybridized carbons (Fsp3) is 0.100. The minimum atomic E-state index is -0.411. The van der Waals surface area contributed by atoms with Gasteiger partial charge in [0.1, 0.15) is 5.75 Å². The van der Waals surface area contributed by atoms with Crippen molar-refractivity contribution in [3.05, 3.63) is 77.2 Å². The molecule has 27 heavy (non-hydrogen) atoms. The number of halogens is 1. The number of nitrogens with one attached hydrogen (secondary N) is 2. The Balaban J connectivity index is 1.69. The van der Waals surface area contributed by atoms with Gasteiger partial charge in [-0.1, -0.05) is 17.7 Å². The number of furan rings is 1. The first-order chi connectivity index (χ1) is 13.1. The summed E-state index contributed by atoms with van der Waals surface area (Å²) in [6.07, 6.45) is 1.41. The van der Waals surface area contributed by atoms with Gasteiger partial charge in [-0.25, -0.2) is 0 Å². The molecule has 2 aromatic carbocycles.